The van der Waals surface area contributed by atoms with Gasteiger partial charge in [0.1, 0.15) is 11.4 Å². The summed E-state index contributed by atoms with van der Waals surface area (Å²) in [6.45, 7) is 4.99. The van der Waals surface area contributed by atoms with E-state index in [-0.39, 0.29) is 11.3 Å². The summed E-state index contributed by atoms with van der Waals surface area (Å²) in [4.78, 5) is 3.36. The Balaban J connectivity index is 0.00000105. The molecule has 0 atom stereocenters. The van der Waals surface area contributed by atoms with Crippen molar-refractivity contribution in [1.29, 1.82) is 0 Å². The number of aromatic hydroxyl groups is 1. The first-order valence-corrected chi connectivity index (χ1v) is 13.2. The Morgan fingerprint density at radius 2 is 1.31 bits per heavy atom. The number of aliphatic imine (C=N–C) groups is 1. The van der Waals surface area contributed by atoms with Gasteiger partial charge in [-0.05, 0) is 37.5 Å². The second-order valence-electron chi connectivity index (χ2n) is 5.15. The van der Waals surface area contributed by atoms with Crippen molar-refractivity contribution < 1.29 is 47.9 Å². The number of rotatable bonds is 2. The van der Waals surface area contributed by atoms with Crippen LogP contribution in [-0.2, 0) is 20.8 Å². The zero-order chi connectivity index (χ0) is 20.2. The van der Waals surface area contributed by atoms with Crippen molar-refractivity contribution in [1.82, 2.24) is 0 Å². The van der Waals surface area contributed by atoms with E-state index in [0.717, 1.165) is 11.8 Å². The third-order valence-electron chi connectivity index (χ3n) is 3.57. The molecule has 0 saturated heterocycles. The van der Waals surface area contributed by atoms with Gasteiger partial charge in [0.15, 0.2) is 23.3 Å². The average molecular weight is 491 g/mol. The molecule has 0 saturated carbocycles. The van der Waals surface area contributed by atoms with Crippen molar-refractivity contribution in [2.24, 2.45) is 4.99 Å². The predicted molar refractivity (Wildman–Crippen MR) is 87.5 cm³/mol. The molecule has 0 aliphatic carbocycles. The Labute approximate surface area is 165 Å². The number of halogens is 7. The quantitative estimate of drug-likeness (QED) is 0.233. The normalized spacial score (nSPS) is 10.7. The van der Waals surface area contributed by atoms with Crippen LogP contribution in [0.3, 0.4) is 0 Å². The third kappa shape index (κ3) is 4.84. The van der Waals surface area contributed by atoms with Crippen LogP contribution in [0.4, 0.5) is 27.6 Å². The molecule has 10 heteroatoms. The van der Waals surface area contributed by atoms with Gasteiger partial charge in [0.25, 0.3) is 0 Å². The van der Waals surface area contributed by atoms with Gasteiger partial charge in [0.2, 0.25) is 5.82 Å². The van der Waals surface area contributed by atoms with Crippen LogP contribution in [0.5, 0.6) is 5.75 Å². The molecule has 0 fully saturated rings. The van der Waals surface area contributed by atoms with Crippen molar-refractivity contribution in [2.75, 3.05) is 0 Å². The van der Waals surface area contributed by atoms with Crippen molar-refractivity contribution in [3.63, 3.8) is 0 Å². The first kappa shape index (κ1) is 23.1. The number of aryl methyl sites for hydroxylation is 2. The number of phenols is 1. The Hall–Kier alpha value is -0.977. The van der Waals surface area contributed by atoms with E-state index in [4.69, 9.17) is 17.0 Å². The molecule has 26 heavy (non-hydrogen) atoms. The van der Waals surface area contributed by atoms with Crippen molar-refractivity contribution in [2.45, 2.75) is 20.8 Å². The maximum atomic E-state index is 13.6. The van der Waals surface area contributed by atoms with Crippen LogP contribution in [-0.4, -0.2) is 11.3 Å². The molecule has 0 aliphatic rings. The molecule has 140 valence electrons. The molecule has 0 amide bonds. The summed E-state index contributed by atoms with van der Waals surface area (Å²) < 4.78 is 66.4. The van der Waals surface area contributed by atoms with Crippen LogP contribution in [0.15, 0.2) is 11.1 Å². The predicted octanol–water partition coefficient (Wildman–Crippen LogP) is 6.14. The fourth-order valence-corrected chi connectivity index (χ4v) is 2.10. The number of benzene rings is 2. The Kier molecular flexibility index (Phi) is 8.70. The molecule has 0 radical (unpaired) electrons. The molecule has 0 heterocycles. The van der Waals surface area contributed by atoms with Gasteiger partial charge in [-0.2, -0.15) is 0 Å². The summed E-state index contributed by atoms with van der Waals surface area (Å²) in [5.41, 5.74) is 0.678. The summed E-state index contributed by atoms with van der Waals surface area (Å²) in [6, 6.07) is 1.69. The van der Waals surface area contributed by atoms with E-state index in [1.807, 2.05) is 0 Å². The van der Waals surface area contributed by atoms with Gasteiger partial charge < -0.3 is 5.11 Å². The first-order chi connectivity index (χ1) is 12.1. The average Bonchev–Trinajstić information content (AvgIpc) is 2.59. The molecule has 0 aliphatic heterocycles. The van der Waals surface area contributed by atoms with Gasteiger partial charge >= 0.3 is 37.9 Å². The van der Waals surface area contributed by atoms with E-state index >= 15 is 0 Å². The molecule has 2 aromatic carbocycles. The number of phenolic OH excluding ortho intramolecular Hbond substituents is 1. The zero-order valence-corrected chi connectivity index (χ0v) is 17.7. The van der Waals surface area contributed by atoms with Crippen LogP contribution in [0.1, 0.15) is 22.3 Å². The molecular formula is C16H12Cl2F5NOZr. The minimum atomic E-state index is -2.25. The topological polar surface area (TPSA) is 32.6 Å². The molecule has 0 spiro atoms. The minimum absolute atomic E-state index is 0.145. The fraction of sp³-hybridized carbons (Fsp3) is 0.188. The molecule has 2 aromatic rings. The number of nitrogens with zero attached hydrogens (tertiary/aromatic N) is 1. The molecule has 2 rings (SSSR count). The molecule has 0 unspecified atom stereocenters. The number of hydrogen-bond acceptors (Lipinski definition) is 2. The van der Waals surface area contributed by atoms with E-state index < -0.39 is 55.6 Å². The molecule has 0 bridgehead atoms. The SMILES string of the molecule is Cc1cc(C)c(O)c(C=Nc2c(F)c(F)c(F)c(F)c2F)c1C.[Cl][Zr][Cl]. The van der Waals surface area contributed by atoms with Gasteiger partial charge in [-0.25, -0.2) is 26.9 Å². The summed E-state index contributed by atoms with van der Waals surface area (Å²) in [7, 11) is 9.87. The number of hydrogen-bond donors (Lipinski definition) is 1. The van der Waals surface area contributed by atoms with Crippen LogP contribution in [0.25, 0.3) is 0 Å². The summed E-state index contributed by atoms with van der Waals surface area (Å²) in [6.07, 6.45) is 0.878. The summed E-state index contributed by atoms with van der Waals surface area (Å²) in [5.74, 6) is -10.6. The summed E-state index contributed by atoms with van der Waals surface area (Å²) >= 11 is -0.826. The van der Waals surface area contributed by atoms with Crippen LogP contribution in [0.2, 0.25) is 0 Å². The van der Waals surface area contributed by atoms with Crippen molar-refractivity contribution in [3.8, 4) is 5.75 Å². The summed E-state index contributed by atoms with van der Waals surface area (Å²) in [5, 5.41) is 9.99. The van der Waals surface area contributed by atoms with E-state index in [0.29, 0.717) is 11.1 Å². The zero-order valence-electron chi connectivity index (χ0n) is 13.7. The van der Waals surface area contributed by atoms with Crippen LogP contribution in [0, 0.1) is 49.9 Å². The standard InChI is InChI=1S/C16H12F5NO.2ClH.Zr/c1-6-4-7(2)16(23)9(8(6)3)5-22-15-13(20)11(18)10(17)12(19)14(15)21;;;/h4-5,23H,1-3H3;2*1H;/q;;;+2/p-2. The fourth-order valence-electron chi connectivity index (χ4n) is 2.10. The third-order valence-corrected chi connectivity index (χ3v) is 3.57. The molecule has 2 nitrogen and oxygen atoms in total. The maximum absolute atomic E-state index is 13.6. The van der Waals surface area contributed by atoms with Gasteiger partial charge in [-0.15, -0.1) is 0 Å². The molecular weight excluding hydrogens is 479 g/mol. The van der Waals surface area contributed by atoms with E-state index in [9.17, 15) is 27.1 Å². The molecule has 0 aromatic heterocycles. The van der Waals surface area contributed by atoms with Gasteiger partial charge in [-0.1, -0.05) is 6.07 Å². The molecule has 1 N–H and O–H groups in total. The Bertz CT molecular complexity index is 806. The second-order valence-corrected chi connectivity index (χ2v) is 8.88. The van der Waals surface area contributed by atoms with Gasteiger partial charge in [0.05, 0.1) is 0 Å². The monoisotopic (exact) mass is 489 g/mol. The first-order valence-electron chi connectivity index (χ1n) is 6.89. The van der Waals surface area contributed by atoms with E-state index in [2.05, 4.69) is 4.99 Å². The Morgan fingerprint density at radius 1 is 0.885 bits per heavy atom. The van der Waals surface area contributed by atoms with Gasteiger partial charge in [-0.3, -0.25) is 0 Å². The van der Waals surface area contributed by atoms with Crippen LogP contribution >= 0.6 is 17.0 Å². The van der Waals surface area contributed by atoms with Gasteiger partial charge in [0, 0.05) is 11.8 Å². The van der Waals surface area contributed by atoms with E-state index in [1.54, 1.807) is 26.8 Å². The van der Waals surface area contributed by atoms with E-state index in [1.165, 1.54) is 0 Å². The van der Waals surface area contributed by atoms with Crippen molar-refractivity contribution in [3.05, 3.63) is 57.4 Å². The second kappa shape index (κ2) is 9.81. The van der Waals surface area contributed by atoms with Crippen LogP contribution < -0.4 is 0 Å². The van der Waals surface area contributed by atoms with Crippen molar-refractivity contribution >= 4 is 28.9 Å². The Morgan fingerprint density at radius 3 is 1.77 bits per heavy atom.